The quantitative estimate of drug-likeness (QED) is 0.0417. The van der Waals surface area contributed by atoms with Crippen LogP contribution in [-0.2, 0) is 14.3 Å². The highest BCUT2D eigenvalue weighted by molar-refractivity contribution is 5.76. The fourth-order valence-electron chi connectivity index (χ4n) is 10.1. The number of ether oxygens (including phenoxy) is 1. The Kier molecular flexibility index (Phi) is 57.5. The molecule has 0 aliphatic rings. The van der Waals surface area contributed by atoms with Crippen LogP contribution in [0.2, 0.25) is 0 Å². The SMILES string of the molecule is CCCCCCCCCCCCCCCCCCCCCCCCCC(O)C(CO)NC(=O)CCCCCCCCCCCCCCCCCCOC(=O)CCCCCCCCCCCCCC. The second kappa shape index (κ2) is 58.4. The molecule has 0 aliphatic heterocycles. The molecule has 0 bridgehead atoms. The molecule has 1 amide bonds. The predicted molar refractivity (Wildman–Crippen MR) is 297 cm³/mol. The Bertz CT molecular complexity index is 975. The predicted octanol–water partition coefficient (Wildman–Crippen LogP) is 19.5. The van der Waals surface area contributed by atoms with E-state index in [1.54, 1.807) is 0 Å². The highest BCUT2D eigenvalue weighted by atomic mass is 16.5. The Morgan fingerprint density at radius 1 is 0.353 bits per heavy atom. The highest BCUT2D eigenvalue weighted by Gasteiger charge is 2.20. The monoisotopic (exact) mass is 962 g/mol. The molecule has 406 valence electrons. The van der Waals surface area contributed by atoms with E-state index in [9.17, 15) is 19.8 Å². The standard InChI is InChI=1S/C62H123NO5/c1-3-5-7-9-11-13-15-17-18-19-20-21-22-23-24-25-28-31-34-38-42-46-50-54-60(65)59(58-64)63-61(66)55-51-47-43-39-35-32-29-26-27-30-33-37-41-45-49-53-57-68-62(67)56-52-48-44-40-36-16-14-12-10-8-6-4-2/h59-60,64-65H,3-58H2,1-2H3,(H,63,66). The van der Waals surface area contributed by atoms with Gasteiger partial charge in [-0.25, -0.2) is 0 Å². The first kappa shape index (κ1) is 66.9. The molecule has 0 aromatic rings. The minimum Gasteiger partial charge on any atom is -0.466 e. The normalized spacial score (nSPS) is 12.5. The Hall–Kier alpha value is -1.14. The number of carbonyl (C=O) groups is 2. The molecule has 0 rings (SSSR count). The van der Waals surface area contributed by atoms with Gasteiger partial charge in [-0.2, -0.15) is 0 Å². The van der Waals surface area contributed by atoms with Crippen LogP contribution in [0.25, 0.3) is 0 Å². The highest BCUT2D eigenvalue weighted by Crippen LogP contribution is 2.19. The number of aliphatic hydroxyl groups is 2. The van der Waals surface area contributed by atoms with Gasteiger partial charge < -0.3 is 20.3 Å². The lowest BCUT2D eigenvalue weighted by atomic mass is 10.0. The van der Waals surface area contributed by atoms with Crippen LogP contribution in [0.5, 0.6) is 0 Å². The van der Waals surface area contributed by atoms with E-state index in [-0.39, 0.29) is 18.5 Å². The molecule has 0 radical (unpaired) electrons. The van der Waals surface area contributed by atoms with Crippen molar-refractivity contribution < 1.29 is 24.5 Å². The summed E-state index contributed by atoms with van der Waals surface area (Å²) in [6, 6.07) is -0.546. The lowest BCUT2D eigenvalue weighted by Crippen LogP contribution is -2.45. The summed E-state index contributed by atoms with van der Waals surface area (Å²) in [4.78, 5) is 24.5. The zero-order chi connectivity index (χ0) is 49.3. The van der Waals surface area contributed by atoms with E-state index >= 15 is 0 Å². The average Bonchev–Trinajstić information content (AvgIpc) is 3.34. The Balaban J connectivity index is 3.41. The fraction of sp³-hybridized carbons (Fsp3) is 0.968. The summed E-state index contributed by atoms with van der Waals surface area (Å²) >= 11 is 0. The van der Waals surface area contributed by atoms with Gasteiger partial charge in [-0.05, 0) is 25.7 Å². The Labute approximate surface area is 426 Å². The van der Waals surface area contributed by atoms with Crippen molar-refractivity contribution in [3.8, 4) is 0 Å². The van der Waals surface area contributed by atoms with Gasteiger partial charge in [-0.3, -0.25) is 9.59 Å². The van der Waals surface area contributed by atoms with E-state index < -0.39 is 12.1 Å². The van der Waals surface area contributed by atoms with Crippen LogP contribution in [0.1, 0.15) is 361 Å². The van der Waals surface area contributed by atoms with Crippen LogP contribution in [0, 0.1) is 0 Å². The van der Waals surface area contributed by atoms with E-state index in [2.05, 4.69) is 19.2 Å². The molecular weight excluding hydrogens is 839 g/mol. The molecule has 0 heterocycles. The third kappa shape index (κ3) is 54.2. The summed E-state index contributed by atoms with van der Waals surface area (Å²) in [5, 5.41) is 23.4. The molecule has 0 spiro atoms. The Morgan fingerprint density at radius 2 is 0.603 bits per heavy atom. The summed E-state index contributed by atoms with van der Waals surface area (Å²) in [7, 11) is 0. The summed E-state index contributed by atoms with van der Waals surface area (Å²) in [6.07, 6.45) is 68.2. The molecule has 6 nitrogen and oxygen atoms in total. The molecule has 6 heteroatoms. The van der Waals surface area contributed by atoms with Crippen molar-refractivity contribution in [2.45, 2.75) is 373 Å². The molecule has 2 atom stereocenters. The van der Waals surface area contributed by atoms with Crippen molar-refractivity contribution in [2.24, 2.45) is 0 Å². The molecule has 68 heavy (non-hydrogen) atoms. The summed E-state index contributed by atoms with van der Waals surface area (Å²) in [6.45, 7) is 4.97. The first-order valence-corrected chi connectivity index (χ1v) is 31.3. The smallest absolute Gasteiger partial charge is 0.305 e. The lowest BCUT2D eigenvalue weighted by molar-refractivity contribution is -0.143. The number of nitrogens with one attached hydrogen (secondary N) is 1. The largest absolute Gasteiger partial charge is 0.466 e. The third-order valence-corrected chi connectivity index (χ3v) is 14.9. The molecule has 0 aliphatic carbocycles. The van der Waals surface area contributed by atoms with Gasteiger partial charge in [0.25, 0.3) is 0 Å². The molecule has 0 aromatic carbocycles. The van der Waals surface area contributed by atoms with Gasteiger partial charge in [0.1, 0.15) is 0 Å². The number of hydrogen-bond donors (Lipinski definition) is 3. The first-order chi connectivity index (χ1) is 33.5. The number of carbonyl (C=O) groups excluding carboxylic acids is 2. The second-order valence-electron chi connectivity index (χ2n) is 21.8. The van der Waals surface area contributed by atoms with Gasteiger partial charge in [-0.1, -0.05) is 322 Å². The topological polar surface area (TPSA) is 95.9 Å². The minimum atomic E-state index is -0.669. The molecule has 2 unspecified atom stereocenters. The van der Waals surface area contributed by atoms with Gasteiger partial charge in [0.15, 0.2) is 0 Å². The average molecular weight is 963 g/mol. The van der Waals surface area contributed by atoms with Crippen LogP contribution < -0.4 is 5.32 Å². The van der Waals surface area contributed by atoms with Crippen molar-refractivity contribution in [3.05, 3.63) is 0 Å². The van der Waals surface area contributed by atoms with Gasteiger partial charge >= 0.3 is 5.97 Å². The molecule has 0 fully saturated rings. The molecule has 3 N–H and O–H groups in total. The van der Waals surface area contributed by atoms with Crippen molar-refractivity contribution in [3.63, 3.8) is 0 Å². The minimum absolute atomic E-state index is 0.00533. The number of esters is 1. The summed E-state index contributed by atoms with van der Waals surface area (Å²) < 4.78 is 5.47. The zero-order valence-electron chi connectivity index (χ0n) is 46.4. The van der Waals surface area contributed by atoms with E-state index in [0.717, 1.165) is 44.9 Å². The van der Waals surface area contributed by atoms with E-state index in [1.165, 1.54) is 283 Å². The van der Waals surface area contributed by atoms with Gasteiger partial charge in [0.2, 0.25) is 5.91 Å². The summed E-state index contributed by atoms with van der Waals surface area (Å²) in [5.74, 6) is -0.0314. The van der Waals surface area contributed by atoms with Crippen molar-refractivity contribution in [1.82, 2.24) is 5.32 Å². The van der Waals surface area contributed by atoms with E-state index in [0.29, 0.717) is 25.9 Å². The van der Waals surface area contributed by atoms with Crippen LogP contribution in [0.15, 0.2) is 0 Å². The molecule has 0 saturated carbocycles. The number of rotatable bonds is 59. The second-order valence-corrected chi connectivity index (χ2v) is 21.8. The van der Waals surface area contributed by atoms with Gasteiger partial charge in [-0.15, -0.1) is 0 Å². The summed E-state index contributed by atoms with van der Waals surface area (Å²) in [5.41, 5.74) is 0. The maximum absolute atomic E-state index is 12.5. The number of aliphatic hydroxyl groups excluding tert-OH is 2. The lowest BCUT2D eigenvalue weighted by Gasteiger charge is -2.22. The number of amides is 1. The first-order valence-electron chi connectivity index (χ1n) is 31.3. The maximum Gasteiger partial charge on any atom is 0.305 e. The van der Waals surface area contributed by atoms with Crippen LogP contribution in [0.3, 0.4) is 0 Å². The van der Waals surface area contributed by atoms with Gasteiger partial charge in [0, 0.05) is 12.8 Å². The van der Waals surface area contributed by atoms with E-state index in [4.69, 9.17) is 4.74 Å². The fourth-order valence-corrected chi connectivity index (χ4v) is 10.1. The van der Waals surface area contributed by atoms with Crippen molar-refractivity contribution in [1.29, 1.82) is 0 Å². The zero-order valence-corrected chi connectivity index (χ0v) is 46.4. The van der Waals surface area contributed by atoms with Crippen LogP contribution >= 0.6 is 0 Å². The molecule has 0 aromatic heterocycles. The molecular formula is C62H123NO5. The van der Waals surface area contributed by atoms with Crippen LogP contribution in [-0.4, -0.2) is 47.4 Å². The van der Waals surface area contributed by atoms with Gasteiger partial charge in [0.05, 0.1) is 25.4 Å². The van der Waals surface area contributed by atoms with E-state index in [1.807, 2.05) is 0 Å². The third-order valence-electron chi connectivity index (χ3n) is 14.9. The molecule has 0 saturated heterocycles. The van der Waals surface area contributed by atoms with Crippen LogP contribution in [0.4, 0.5) is 0 Å². The van der Waals surface area contributed by atoms with Crippen molar-refractivity contribution >= 4 is 11.9 Å². The number of hydrogen-bond acceptors (Lipinski definition) is 5. The van der Waals surface area contributed by atoms with Crippen molar-refractivity contribution in [2.75, 3.05) is 13.2 Å². The number of unbranched alkanes of at least 4 members (excludes halogenated alkanes) is 48. The Morgan fingerprint density at radius 3 is 0.897 bits per heavy atom. The maximum atomic E-state index is 12.5.